The van der Waals surface area contributed by atoms with Crippen molar-refractivity contribution in [2.24, 2.45) is 23.2 Å². The van der Waals surface area contributed by atoms with E-state index in [0.717, 1.165) is 48.5 Å². The molecule has 2 N–H and O–H groups in total. The van der Waals surface area contributed by atoms with Crippen molar-refractivity contribution in [1.82, 2.24) is 5.43 Å². The molecule has 0 unspecified atom stereocenters. The molecule has 0 aromatic heterocycles. The van der Waals surface area contributed by atoms with Gasteiger partial charge in [-0.05, 0) is 80.5 Å². The standard InChI is InChI=1S/C18H24N2O2/c1-22-16-4-2-15(3-5-16)19-20-17(21)18-9-12-6-13(10-18)8-14(7-12)11-18/h2-5,12-14,19H,6-11H2,1H3,(H,20,21). The Morgan fingerprint density at radius 2 is 1.59 bits per heavy atom. The molecule has 1 aromatic rings. The fourth-order valence-corrected chi connectivity index (χ4v) is 5.32. The normalized spacial score (nSPS) is 35.2. The maximum atomic E-state index is 12.8. The van der Waals surface area contributed by atoms with Crippen LogP contribution >= 0.6 is 0 Å². The molecule has 0 aliphatic heterocycles. The van der Waals surface area contributed by atoms with Gasteiger partial charge in [0.2, 0.25) is 5.91 Å². The molecular formula is C18H24N2O2. The second-order valence-corrected chi connectivity index (χ2v) is 7.51. The Bertz CT molecular complexity index is 532. The van der Waals surface area contributed by atoms with E-state index in [0.29, 0.717) is 0 Å². The minimum absolute atomic E-state index is 0.103. The number of carbonyl (C=O) groups is 1. The average molecular weight is 300 g/mol. The van der Waals surface area contributed by atoms with Crippen LogP contribution in [-0.4, -0.2) is 13.0 Å². The Labute approximate surface area is 131 Å². The molecule has 5 rings (SSSR count). The molecule has 0 radical (unpaired) electrons. The first-order chi connectivity index (χ1) is 10.7. The largest absolute Gasteiger partial charge is 0.497 e. The lowest BCUT2D eigenvalue weighted by molar-refractivity contribution is -0.145. The molecule has 4 saturated carbocycles. The Morgan fingerprint density at radius 1 is 1.05 bits per heavy atom. The number of hydrazine groups is 1. The predicted molar refractivity (Wildman–Crippen MR) is 85.4 cm³/mol. The lowest BCUT2D eigenvalue weighted by Crippen LogP contribution is -2.54. The minimum Gasteiger partial charge on any atom is -0.497 e. The second-order valence-electron chi connectivity index (χ2n) is 7.51. The lowest BCUT2D eigenvalue weighted by atomic mass is 9.49. The maximum Gasteiger partial charge on any atom is 0.244 e. The van der Waals surface area contributed by atoms with Crippen LogP contribution in [0.2, 0.25) is 0 Å². The van der Waals surface area contributed by atoms with Gasteiger partial charge < -0.3 is 4.74 Å². The molecule has 0 atom stereocenters. The van der Waals surface area contributed by atoms with Gasteiger partial charge in [-0.25, -0.2) is 0 Å². The highest BCUT2D eigenvalue weighted by atomic mass is 16.5. The molecule has 4 aliphatic rings. The highest BCUT2D eigenvalue weighted by Crippen LogP contribution is 2.60. The summed E-state index contributed by atoms with van der Waals surface area (Å²) < 4.78 is 5.14. The summed E-state index contributed by atoms with van der Waals surface area (Å²) in [6.45, 7) is 0. The van der Waals surface area contributed by atoms with E-state index in [1.165, 1.54) is 19.3 Å². The molecule has 4 aliphatic carbocycles. The molecule has 1 amide bonds. The first-order valence-electron chi connectivity index (χ1n) is 8.37. The van der Waals surface area contributed by atoms with Gasteiger partial charge in [0.05, 0.1) is 18.2 Å². The van der Waals surface area contributed by atoms with Crippen molar-refractivity contribution in [2.75, 3.05) is 12.5 Å². The highest BCUT2D eigenvalue weighted by molar-refractivity contribution is 5.84. The van der Waals surface area contributed by atoms with Crippen molar-refractivity contribution in [2.45, 2.75) is 38.5 Å². The zero-order valence-corrected chi connectivity index (χ0v) is 13.1. The van der Waals surface area contributed by atoms with Gasteiger partial charge in [0, 0.05) is 0 Å². The maximum absolute atomic E-state index is 12.8. The lowest BCUT2D eigenvalue weighted by Gasteiger charge is -2.55. The van der Waals surface area contributed by atoms with Crippen LogP contribution in [0.4, 0.5) is 5.69 Å². The van der Waals surface area contributed by atoms with Crippen LogP contribution in [0.25, 0.3) is 0 Å². The van der Waals surface area contributed by atoms with Crippen LogP contribution in [0.1, 0.15) is 38.5 Å². The molecule has 4 heteroatoms. The summed E-state index contributed by atoms with van der Waals surface area (Å²) in [6, 6.07) is 7.61. The number of amides is 1. The number of rotatable bonds is 4. The summed E-state index contributed by atoms with van der Waals surface area (Å²) in [5.41, 5.74) is 6.81. The molecule has 4 nitrogen and oxygen atoms in total. The van der Waals surface area contributed by atoms with Crippen molar-refractivity contribution >= 4 is 11.6 Å². The van der Waals surface area contributed by atoms with E-state index >= 15 is 0 Å². The van der Waals surface area contributed by atoms with E-state index in [1.807, 2.05) is 24.3 Å². The van der Waals surface area contributed by atoms with Crippen molar-refractivity contribution < 1.29 is 9.53 Å². The Hall–Kier alpha value is -1.71. The summed E-state index contributed by atoms with van der Waals surface area (Å²) in [4.78, 5) is 12.8. The number of anilines is 1. The van der Waals surface area contributed by atoms with Crippen molar-refractivity contribution in [3.63, 3.8) is 0 Å². The van der Waals surface area contributed by atoms with E-state index < -0.39 is 0 Å². The van der Waals surface area contributed by atoms with Gasteiger partial charge in [0.1, 0.15) is 5.75 Å². The van der Waals surface area contributed by atoms with Crippen LogP contribution in [0, 0.1) is 23.2 Å². The van der Waals surface area contributed by atoms with E-state index in [1.54, 1.807) is 7.11 Å². The van der Waals surface area contributed by atoms with Gasteiger partial charge in [0.15, 0.2) is 0 Å². The number of carbonyl (C=O) groups excluding carboxylic acids is 1. The number of benzene rings is 1. The topological polar surface area (TPSA) is 50.4 Å². The third-order valence-electron chi connectivity index (χ3n) is 5.93. The highest BCUT2D eigenvalue weighted by Gasteiger charge is 2.54. The summed E-state index contributed by atoms with van der Waals surface area (Å²) in [5.74, 6) is 3.38. The number of hydrogen-bond donors (Lipinski definition) is 2. The molecule has 0 spiro atoms. The Morgan fingerprint density at radius 3 is 2.09 bits per heavy atom. The van der Waals surface area contributed by atoms with Crippen LogP contribution < -0.4 is 15.6 Å². The smallest absolute Gasteiger partial charge is 0.244 e. The first kappa shape index (κ1) is 13.9. The molecule has 118 valence electrons. The van der Waals surface area contributed by atoms with Crippen LogP contribution in [0.5, 0.6) is 5.75 Å². The molecule has 4 bridgehead atoms. The molecular weight excluding hydrogens is 276 g/mol. The van der Waals surface area contributed by atoms with E-state index in [9.17, 15) is 4.79 Å². The number of methoxy groups -OCH3 is 1. The zero-order valence-electron chi connectivity index (χ0n) is 13.1. The van der Waals surface area contributed by atoms with Gasteiger partial charge in [-0.3, -0.25) is 15.6 Å². The van der Waals surface area contributed by atoms with Crippen LogP contribution in [0.3, 0.4) is 0 Å². The van der Waals surface area contributed by atoms with Crippen molar-refractivity contribution in [3.05, 3.63) is 24.3 Å². The van der Waals surface area contributed by atoms with Gasteiger partial charge >= 0.3 is 0 Å². The number of hydrogen-bond acceptors (Lipinski definition) is 3. The molecule has 1 aromatic carbocycles. The third kappa shape index (κ3) is 2.34. The van der Waals surface area contributed by atoms with Gasteiger partial charge in [-0.2, -0.15) is 0 Å². The summed E-state index contributed by atoms with van der Waals surface area (Å²) in [6.07, 6.45) is 7.36. The van der Waals surface area contributed by atoms with Gasteiger partial charge in [-0.1, -0.05) is 0 Å². The summed E-state index contributed by atoms with van der Waals surface area (Å²) in [5, 5.41) is 0. The van der Waals surface area contributed by atoms with Gasteiger partial charge in [-0.15, -0.1) is 0 Å². The van der Waals surface area contributed by atoms with Crippen LogP contribution in [0.15, 0.2) is 24.3 Å². The van der Waals surface area contributed by atoms with E-state index in [4.69, 9.17) is 4.74 Å². The molecule has 0 saturated heterocycles. The molecule has 4 fully saturated rings. The predicted octanol–water partition coefficient (Wildman–Crippen LogP) is 3.35. The fourth-order valence-electron chi connectivity index (χ4n) is 5.32. The van der Waals surface area contributed by atoms with E-state index in [-0.39, 0.29) is 11.3 Å². The van der Waals surface area contributed by atoms with E-state index in [2.05, 4.69) is 10.9 Å². The summed E-state index contributed by atoms with van der Waals surface area (Å²) in [7, 11) is 1.65. The number of ether oxygens (including phenoxy) is 1. The first-order valence-corrected chi connectivity index (χ1v) is 8.37. The second kappa shape index (κ2) is 5.18. The monoisotopic (exact) mass is 300 g/mol. The minimum atomic E-state index is -0.103. The average Bonchev–Trinajstić information content (AvgIpc) is 2.51. The van der Waals surface area contributed by atoms with Crippen molar-refractivity contribution in [1.29, 1.82) is 0 Å². The van der Waals surface area contributed by atoms with Gasteiger partial charge in [0.25, 0.3) is 0 Å². The zero-order chi connectivity index (χ0) is 15.2. The fraction of sp³-hybridized carbons (Fsp3) is 0.611. The van der Waals surface area contributed by atoms with Crippen LogP contribution in [-0.2, 0) is 4.79 Å². The third-order valence-corrected chi connectivity index (χ3v) is 5.93. The quantitative estimate of drug-likeness (QED) is 0.838. The Balaban J connectivity index is 1.41. The SMILES string of the molecule is COc1ccc(NNC(=O)C23CC4CC(CC(C4)C2)C3)cc1. The Kier molecular flexibility index (Phi) is 3.28. The summed E-state index contributed by atoms with van der Waals surface area (Å²) >= 11 is 0. The molecule has 0 heterocycles. The molecule has 22 heavy (non-hydrogen) atoms. The number of nitrogens with one attached hydrogen (secondary N) is 2. The van der Waals surface area contributed by atoms with Crippen molar-refractivity contribution in [3.8, 4) is 5.75 Å².